The number of nitrogens with one attached hydrogen (secondary N) is 4. The van der Waals surface area contributed by atoms with E-state index in [9.17, 15) is 23.3 Å². The van der Waals surface area contributed by atoms with Crippen LogP contribution in [0.2, 0.25) is 0 Å². The number of aryl methyl sites for hydroxylation is 2. The van der Waals surface area contributed by atoms with Gasteiger partial charge in [0.05, 0.1) is 33.8 Å². The Labute approximate surface area is 368 Å². The van der Waals surface area contributed by atoms with Gasteiger partial charge >= 0.3 is 5.97 Å². The van der Waals surface area contributed by atoms with Crippen LogP contribution in [0.25, 0.3) is 22.0 Å². The van der Waals surface area contributed by atoms with Gasteiger partial charge in [-0.15, -0.1) is 11.3 Å². The fourth-order valence-corrected chi connectivity index (χ4v) is 10.2. The summed E-state index contributed by atoms with van der Waals surface area (Å²) in [5.41, 5.74) is 9.82. The number of hydrazone groups is 1. The fourth-order valence-electron chi connectivity index (χ4n) is 7.86. The number of anilines is 2. The Bertz CT molecular complexity index is 3030. The number of thiophene rings is 1. The first-order chi connectivity index (χ1) is 29.9. The molecule has 0 bridgehead atoms. The highest BCUT2D eigenvalue weighted by molar-refractivity contribution is 7.92. The number of halogens is 1. The monoisotopic (exact) mass is 884 g/mol. The van der Waals surface area contributed by atoms with Crippen LogP contribution in [0.1, 0.15) is 82.7 Å². The van der Waals surface area contributed by atoms with E-state index in [0.29, 0.717) is 44.6 Å². The minimum Gasteiger partial charge on any atom is -0.460 e. The molecule has 13 nitrogen and oxygen atoms in total. The second-order valence-corrected chi connectivity index (χ2v) is 19.5. The molecule has 1 unspecified atom stereocenters. The van der Waals surface area contributed by atoms with Crippen molar-refractivity contribution in [3.8, 4) is 17.2 Å². The molecular formula is C47H45FN8O5S2. The van der Waals surface area contributed by atoms with Gasteiger partial charge in [-0.3, -0.25) is 29.6 Å². The number of nitriles is 1. The minimum absolute atomic E-state index is 0.0118. The van der Waals surface area contributed by atoms with Crippen molar-refractivity contribution >= 4 is 66.4 Å². The highest BCUT2D eigenvalue weighted by atomic mass is 32.2. The van der Waals surface area contributed by atoms with Crippen molar-refractivity contribution in [2.24, 2.45) is 10.1 Å². The molecule has 0 saturated heterocycles. The molecule has 8 rings (SSSR count). The molecule has 0 radical (unpaired) electrons. The van der Waals surface area contributed by atoms with Crippen LogP contribution in [0.15, 0.2) is 100 Å². The Morgan fingerprint density at radius 2 is 1.70 bits per heavy atom. The number of sulfonamides is 1. The third-order valence-corrected chi connectivity index (χ3v) is 13.6. The number of benzene rings is 4. The molecule has 4 heterocycles. The number of aromatic amines is 1. The van der Waals surface area contributed by atoms with E-state index in [0.717, 1.165) is 38.0 Å². The fraction of sp³-hybridized carbons (Fsp3) is 0.255. The standard InChI is InChI=1S/C47H45FN8O5S2/c1-25-8-19-37(43-40(25)33(22-49)24-50-43)55-63(59,60)34-16-9-29(10-17-34)23-51-45(58)32-15-18-35(36(48)20-32)30-11-13-31(14-12-30)42-41-26(2)27(3)62-46(41)56-28(4)53-54-44(56)38(52-42)21-39(57)61-47(5,6)7/h8-20,24,38,44,50,54-55H,21,23H2,1-7H3,(H,51,58)/t38-,44?/m0/s1. The Hall–Kier alpha value is -6.83. The van der Waals surface area contributed by atoms with Gasteiger partial charge in [0.25, 0.3) is 15.9 Å². The first-order valence-corrected chi connectivity index (χ1v) is 22.5. The summed E-state index contributed by atoms with van der Waals surface area (Å²) in [6.45, 7) is 13.5. The molecule has 1 amide bonds. The molecule has 63 heavy (non-hydrogen) atoms. The van der Waals surface area contributed by atoms with Crippen LogP contribution in [0.3, 0.4) is 0 Å². The largest absolute Gasteiger partial charge is 0.460 e. The number of amides is 1. The van der Waals surface area contributed by atoms with Gasteiger partial charge < -0.3 is 15.0 Å². The number of carbonyl (C=O) groups is 2. The smallest absolute Gasteiger partial charge is 0.308 e. The molecule has 6 aromatic rings. The molecule has 0 saturated carbocycles. The van der Waals surface area contributed by atoms with E-state index >= 15 is 4.39 Å². The summed E-state index contributed by atoms with van der Waals surface area (Å²) in [4.78, 5) is 37.8. The van der Waals surface area contributed by atoms with Gasteiger partial charge in [-0.1, -0.05) is 48.5 Å². The van der Waals surface area contributed by atoms with Crippen molar-refractivity contribution < 1.29 is 27.1 Å². The van der Waals surface area contributed by atoms with Crippen molar-refractivity contribution in [3.05, 3.63) is 135 Å². The van der Waals surface area contributed by atoms with Crippen LogP contribution in [-0.2, 0) is 26.1 Å². The number of aliphatic imine (C=N–C) groups is 1. The molecule has 322 valence electrons. The summed E-state index contributed by atoms with van der Waals surface area (Å²) in [5.74, 6) is -0.680. The van der Waals surface area contributed by atoms with Crippen LogP contribution >= 0.6 is 11.3 Å². The number of amidine groups is 1. The molecule has 16 heteroatoms. The summed E-state index contributed by atoms with van der Waals surface area (Å²) in [6.07, 6.45) is 1.17. The van der Waals surface area contributed by atoms with Gasteiger partial charge in [0.2, 0.25) is 0 Å². The van der Waals surface area contributed by atoms with Crippen molar-refractivity contribution in [3.63, 3.8) is 0 Å². The maximum atomic E-state index is 15.8. The van der Waals surface area contributed by atoms with E-state index in [1.807, 2.05) is 58.9 Å². The van der Waals surface area contributed by atoms with Crippen LogP contribution < -0.4 is 20.4 Å². The Kier molecular flexibility index (Phi) is 11.2. The number of nitrogens with zero attached hydrogens (tertiary/aromatic N) is 4. The minimum atomic E-state index is -3.99. The zero-order chi connectivity index (χ0) is 45.0. The van der Waals surface area contributed by atoms with E-state index in [2.05, 4.69) is 50.4 Å². The summed E-state index contributed by atoms with van der Waals surface area (Å²) in [6, 6.07) is 22.7. The van der Waals surface area contributed by atoms with Crippen LogP contribution in [-0.4, -0.2) is 54.6 Å². The number of fused-ring (bicyclic) bond motifs is 4. The average Bonchev–Trinajstić information content (AvgIpc) is 3.91. The Balaban J connectivity index is 0.965. The Morgan fingerprint density at radius 3 is 2.38 bits per heavy atom. The van der Waals surface area contributed by atoms with Crippen molar-refractivity contribution in [2.45, 2.75) is 84.1 Å². The molecule has 2 aliphatic heterocycles. The second-order valence-electron chi connectivity index (χ2n) is 16.6. The number of hydrogen-bond acceptors (Lipinski definition) is 11. The zero-order valence-electron chi connectivity index (χ0n) is 35.7. The summed E-state index contributed by atoms with van der Waals surface area (Å²) < 4.78 is 50.7. The van der Waals surface area contributed by atoms with Crippen molar-refractivity contribution in [2.75, 3.05) is 9.62 Å². The third kappa shape index (κ3) is 8.41. The lowest BCUT2D eigenvalue weighted by Gasteiger charge is -2.28. The molecule has 2 aromatic heterocycles. The molecule has 0 aliphatic carbocycles. The highest BCUT2D eigenvalue weighted by Crippen LogP contribution is 2.42. The van der Waals surface area contributed by atoms with Crippen LogP contribution in [0.4, 0.5) is 15.1 Å². The first kappa shape index (κ1) is 42.8. The van der Waals surface area contributed by atoms with E-state index < -0.39 is 39.6 Å². The number of hydrogen-bond donors (Lipinski definition) is 4. The summed E-state index contributed by atoms with van der Waals surface area (Å²) >= 11 is 1.64. The van der Waals surface area contributed by atoms with Gasteiger partial charge in [0.15, 0.2) is 0 Å². The first-order valence-electron chi connectivity index (χ1n) is 20.2. The van der Waals surface area contributed by atoms with Crippen molar-refractivity contribution in [1.29, 1.82) is 5.26 Å². The number of aromatic nitrogens is 1. The maximum Gasteiger partial charge on any atom is 0.308 e. The lowest BCUT2D eigenvalue weighted by molar-refractivity contribution is -0.155. The van der Waals surface area contributed by atoms with Gasteiger partial charge in [0.1, 0.15) is 40.5 Å². The number of H-pyrrole nitrogens is 1. The zero-order valence-corrected chi connectivity index (χ0v) is 37.3. The Morgan fingerprint density at radius 1 is 0.984 bits per heavy atom. The lowest BCUT2D eigenvalue weighted by atomic mass is 9.96. The normalized spacial score (nSPS) is 16.0. The number of carbonyl (C=O) groups excluding carboxylic acids is 2. The highest BCUT2D eigenvalue weighted by Gasteiger charge is 2.41. The summed E-state index contributed by atoms with van der Waals surface area (Å²) in [7, 11) is -3.99. The van der Waals surface area contributed by atoms with Gasteiger partial charge in [-0.2, -0.15) is 10.4 Å². The van der Waals surface area contributed by atoms with E-state index in [1.54, 1.807) is 53.9 Å². The number of esters is 1. The van der Waals surface area contributed by atoms with Gasteiger partial charge in [-0.25, -0.2) is 12.8 Å². The van der Waals surface area contributed by atoms with E-state index in [4.69, 9.17) is 9.73 Å². The maximum absolute atomic E-state index is 15.8. The molecule has 2 atom stereocenters. The van der Waals surface area contributed by atoms with Gasteiger partial charge in [0, 0.05) is 45.3 Å². The van der Waals surface area contributed by atoms with Gasteiger partial charge in [-0.05, 0) is 101 Å². The summed E-state index contributed by atoms with van der Waals surface area (Å²) in [5, 5.41) is 18.4. The third-order valence-electron chi connectivity index (χ3n) is 11.1. The predicted molar refractivity (Wildman–Crippen MR) is 244 cm³/mol. The predicted octanol–water partition coefficient (Wildman–Crippen LogP) is 8.58. The average molecular weight is 885 g/mol. The number of rotatable bonds is 10. The quantitative estimate of drug-likeness (QED) is 0.0988. The number of ether oxygens (including phenoxy) is 1. The van der Waals surface area contributed by atoms with Crippen molar-refractivity contribution in [1.82, 2.24) is 15.7 Å². The molecule has 4 N–H and O–H groups in total. The molecule has 2 aliphatic rings. The molecule has 0 spiro atoms. The SMILES string of the molecule is CC1=NNC2[C@H](CC(=O)OC(C)(C)C)N=C(c3ccc(-c4ccc(C(=O)NCc5ccc(S(=O)(=O)Nc6ccc(C)c7c(C#N)c[nH]c67)cc5)cc4F)cc3)c3c(sc(C)c3C)N12. The topological polar surface area (TPSA) is 181 Å². The lowest BCUT2D eigenvalue weighted by Crippen LogP contribution is -2.47. The van der Waals surface area contributed by atoms with E-state index in [1.165, 1.54) is 18.2 Å². The van der Waals surface area contributed by atoms with E-state index in [-0.39, 0.29) is 29.4 Å². The second kappa shape index (κ2) is 16.5. The van der Waals surface area contributed by atoms with Crippen LogP contribution in [0.5, 0.6) is 0 Å². The molecule has 4 aromatic carbocycles. The molecular weight excluding hydrogens is 840 g/mol. The van der Waals surface area contributed by atoms with Crippen LogP contribution in [0, 0.1) is 37.9 Å². The molecule has 0 fully saturated rings.